The predicted octanol–water partition coefficient (Wildman–Crippen LogP) is 4.21. The summed E-state index contributed by atoms with van der Waals surface area (Å²) in [6.45, 7) is 0. The third kappa shape index (κ3) is 1.18. The molecule has 0 heterocycles. The topological polar surface area (TPSA) is 0 Å². The summed E-state index contributed by atoms with van der Waals surface area (Å²) < 4.78 is 0. The van der Waals surface area contributed by atoms with E-state index in [0.717, 1.165) is 6.42 Å². The molecule has 0 saturated carbocycles. The van der Waals surface area contributed by atoms with E-state index in [0.29, 0.717) is 0 Å². The Morgan fingerprint density at radius 2 is 1.76 bits per heavy atom. The van der Waals surface area contributed by atoms with Crippen molar-refractivity contribution in [2.24, 2.45) is 0 Å². The number of fused-ring (bicyclic) bond motifs is 5. The molecule has 4 rings (SSSR count). The van der Waals surface area contributed by atoms with Gasteiger partial charge in [0.15, 0.2) is 0 Å². The van der Waals surface area contributed by atoms with E-state index in [9.17, 15) is 0 Å². The molecule has 0 fully saturated rings. The third-order valence-electron chi connectivity index (χ3n) is 3.62. The summed E-state index contributed by atoms with van der Waals surface area (Å²) in [5.41, 5.74) is 5.65. The Morgan fingerprint density at radius 1 is 0.824 bits per heavy atom. The van der Waals surface area contributed by atoms with Gasteiger partial charge in [-0.1, -0.05) is 54.6 Å². The van der Waals surface area contributed by atoms with Gasteiger partial charge in [-0.25, -0.2) is 0 Å². The lowest BCUT2D eigenvalue weighted by Crippen LogP contribution is -1.83. The highest BCUT2D eigenvalue weighted by molar-refractivity contribution is 5.94. The molecule has 0 aliphatic heterocycles. The van der Waals surface area contributed by atoms with Crippen LogP contribution in [0.3, 0.4) is 0 Å². The summed E-state index contributed by atoms with van der Waals surface area (Å²) in [7, 11) is 0. The first-order valence-corrected chi connectivity index (χ1v) is 5.94. The summed E-state index contributed by atoms with van der Waals surface area (Å²) in [6, 6.07) is 22.7. The minimum atomic E-state index is 1.04. The zero-order valence-corrected chi connectivity index (χ0v) is 9.40. The lowest BCUT2D eigenvalue weighted by atomic mass is 9.99. The number of rotatable bonds is 0. The van der Waals surface area contributed by atoms with Crippen LogP contribution in [0.1, 0.15) is 11.1 Å². The second kappa shape index (κ2) is 3.21. The lowest BCUT2D eigenvalue weighted by Gasteiger charge is -2.04. The van der Waals surface area contributed by atoms with Crippen LogP contribution in [-0.2, 0) is 6.42 Å². The monoisotopic (exact) mass is 215 g/mol. The molecule has 1 aliphatic carbocycles. The molecule has 0 unspecified atom stereocenters. The van der Waals surface area contributed by atoms with Crippen molar-refractivity contribution in [2.45, 2.75) is 6.42 Å². The first-order valence-electron chi connectivity index (χ1n) is 5.94. The highest BCUT2D eigenvalue weighted by atomic mass is 14.2. The van der Waals surface area contributed by atoms with Crippen LogP contribution in [0.25, 0.3) is 21.9 Å². The van der Waals surface area contributed by atoms with Gasteiger partial charge in [0, 0.05) is 0 Å². The Hall–Kier alpha value is -2.08. The quantitative estimate of drug-likeness (QED) is 0.412. The molecule has 0 saturated heterocycles. The highest BCUT2D eigenvalue weighted by Gasteiger charge is 2.19. The maximum absolute atomic E-state index is 3.39. The van der Waals surface area contributed by atoms with Gasteiger partial charge in [-0.2, -0.15) is 0 Å². The van der Waals surface area contributed by atoms with Crippen LogP contribution < -0.4 is 0 Å². The minimum Gasteiger partial charge on any atom is -0.0619 e. The standard InChI is InChI=1S/C17H11/c1-3-7-14-12(5-1)9-10-16-15-8-4-2-6-13(15)11-17(14)16/h1-6,8-10H,11H2. The smallest absolute Gasteiger partial charge is 0.000706 e. The first kappa shape index (κ1) is 9.00. The van der Waals surface area contributed by atoms with Crippen molar-refractivity contribution in [3.05, 3.63) is 71.8 Å². The zero-order valence-electron chi connectivity index (χ0n) is 9.40. The van der Waals surface area contributed by atoms with Gasteiger partial charge in [0.1, 0.15) is 0 Å². The number of hydrogen-bond acceptors (Lipinski definition) is 0. The molecule has 0 nitrogen and oxygen atoms in total. The van der Waals surface area contributed by atoms with Gasteiger partial charge in [-0.15, -0.1) is 0 Å². The van der Waals surface area contributed by atoms with E-state index in [2.05, 4.69) is 54.6 Å². The van der Waals surface area contributed by atoms with Gasteiger partial charge in [-0.3, -0.25) is 0 Å². The molecule has 3 aromatic carbocycles. The molecule has 79 valence electrons. The van der Waals surface area contributed by atoms with Crippen LogP contribution in [0.5, 0.6) is 0 Å². The second-order valence-corrected chi connectivity index (χ2v) is 4.56. The average Bonchev–Trinajstić information content (AvgIpc) is 2.78. The summed E-state index contributed by atoms with van der Waals surface area (Å²) in [5, 5.41) is 2.57. The van der Waals surface area contributed by atoms with Crippen LogP contribution in [0.15, 0.2) is 54.6 Å². The average molecular weight is 215 g/mol. The summed E-state index contributed by atoms with van der Waals surface area (Å²) in [4.78, 5) is 0. The summed E-state index contributed by atoms with van der Waals surface area (Å²) in [6.07, 6.45) is 1.04. The molecule has 0 spiro atoms. The third-order valence-corrected chi connectivity index (χ3v) is 3.62. The molecular weight excluding hydrogens is 204 g/mol. The van der Waals surface area contributed by atoms with Crippen molar-refractivity contribution in [1.29, 1.82) is 0 Å². The molecule has 0 amide bonds. The molecule has 0 aromatic heterocycles. The van der Waals surface area contributed by atoms with E-state index in [1.54, 1.807) is 0 Å². The molecule has 17 heavy (non-hydrogen) atoms. The van der Waals surface area contributed by atoms with Gasteiger partial charge in [0.2, 0.25) is 0 Å². The molecule has 0 N–H and O–H groups in total. The minimum absolute atomic E-state index is 1.04. The van der Waals surface area contributed by atoms with Crippen LogP contribution >= 0.6 is 0 Å². The molecule has 3 aromatic rings. The van der Waals surface area contributed by atoms with Crippen molar-refractivity contribution < 1.29 is 0 Å². The number of benzene rings is 3. The molecule has 1 radical (unpaired) electrons. The van der Waals surface area contributed by atoms with Gasteiger partial charge >= 0.3 is 0 Å². The van der Waals surface area contributed by atoms with Gasteiger partial charge < -0.3 is 0 Å². The molecule has 0 heteroatoms. The van der Waals surface area contributed by atoms with E-state index < -0.39 is 0 Å². The van der Waals surface area contributed by atoms with E-state index in [1.165, 1.54) is 33.0 Å². The van der Waals surface area contributed by atoms with Crippen LogP contribution in [0.2, 0.25) is 0 Å². The van der Waals surface area contributed by atoms with E-state index in [4.69, 9.17) is 0 Å². The van der Waals surface area contributed by atoms with E-state index >= 15 is 0 Å². The van der Waals surface area contributed by atoms with Gasteiger partial charge in [-0.05, 0) is 45.5 Å². The lowest BCUT2D eigenvalue weighted by molar-refractivity contribution is 1.28. The van der Waals surface area contributed by atoms with Crippen molar-refractivity contribution >= 4 is 10.8 Å². The zero-order chi connectivity index (χ0) is 11.2. The van der Waals surface area contributed by atoms with Crippen molar-refractivity contribution in [1.82, 2.24) is 0 Å². The van der Waals surface area contributed by atoms with Crippen molar-refractivity contribution in [3.63, 3.8) is 0 Å². The SMILES string of the molecule is [c]1cccc2ccc3c(c12)Cc1ccccc1-3. The largest absolute Gasteiger partial charge is 0.0619 e. The Morgan fingerprint density at radius 3 is 2.76 bits per heavy atom. The Balaban J connectivity index is 2.11. The van der Waals surface area contributed by atoms with E-state index in [-0.39, 0.29) is 0 Å². The molecule has 0 atom stereocenters. The van der Waals surface area contributed by atoms with E-state index in [1.807, 2.05) is 6.07 Å². The first-order chi connectivity index (χ1) is 8.43. The van der Waals surface area contributed by atoms with Gasteiger partial charge in [0.25, 0.3) is 0 Å². The van der Waals surface area contributed by atoms with Crippen molar-refractivity contribution in [3.8, 4) is 11.1 Å². The van der Waals surface area contributed by atoms with Crippen LogP contribution in [0.4, 0.5) is 0 Å². The fourth-order valence-electron chi connectivity index (χ4n) is 2.82. The normalized spacial score (nSPS) is 12.5. The summed E-state index contributed by atoms with van der Waals surface area (Å²) >= 11 is 0. The Kier molecular flexibility index (Phi) is 1.70. The van der Waals surface area contributed by atoms with Crippen molar-refractivity contribution in [2.75, 3.05) is 0 Å². The molecular formula is C17H11. The fourth-order valence-corrected chi connectivity index (χ4v) is 2.82. The Bertz CT molecular complexity index is 723. The summed E-state index contributed by atoms with van der Waals surface area (Å²) in [5.74, 6) is 0. The molecule has 1 aliphatic rings. The Labute approximate surface area is 101 Å². The van der Waals surface area contributed by atoms with Crippen LogP contribution in [-0.4, -0.2) is 0 Å². The van der Waals surface area contributed by atoms with Crippen LogP contribution in [0, 0.1) is 6.07 Å². The highest BCUT2D eigenvalue weighted by Crippen LogP contribution is 2.39. The fraction of sp³-hybridized carbons (Fsp3) is 0.0588. The maximum atomic E-state index is 3.39. The molecule has 0 bridgehead atoms. The second-order valence-electron chi connectivity index (χ2n) is 4.56. The van der Waals surface area contributed by atoms with Gasteiger partial charge in [0.05, 0.1) is 0 Å². The maximum Gasteiger partial charge on any atom is -0.000706 e. The predicted molar refractivity (Wildman–Crippen MR) is 71.0 cm³/mol. The number of hydrogen-bond donors (Lipinski definition) is 0.